The molecule has 0 amide bonds. The monoisotopic (exact) mass is 298 g/mol. The number of nitrogens with zero attached hydrogens (tertiary/aromatic N) is 3. The smallest absolute Gasteiger partial charge is 0.158 e. The topological polar surface area (TPSA) is 50.3 Å². The highest BCUT2D eigenvalue weighted by Crippen LogP contribution is 2.17. The maximum Gasteiger partial charge on any atom is 0.158 e. The number of hydrogen-bond acceptors (Lipinski definition) is 5. The lowest BCUT2D eigenvalue weighted by molar-refractivity contribution is 0.128. The number of hydrogen-bond donors (Lipinski definition) is 1. The highest BCUT2D eigenvalue weighted by atomic mass is 35.5. The molecule has 1 fully saturated rings. The molecule has 0 radical (unpaired) electrons. The SMILES string of the molecule is CCOCc1nc(Cl)cc(NCC2CCCCN2C)n1. The van der Waals surface area contributed by atoms with Gasteiger partial charge >= 0.3 is 0 Å². The van der Waals surface area contributed by atoms with Crippen molar-refractivity contribution in [2.75, 3.05) is 32.1 Å². The Bertz CT molecular complexity index is 430. The van der Waals surface area contributed by atoms with E-state index in [1.165, 1.54) is 25.8 Å². The summed E-state index contributed by atoms with van der Waals surface area (Å²) < 4.78 is 5.32. The number of piperidine rings is 1. The number of likely N-dealkylation sites (N-methyl/N-ethyl adjacent to an activating group) is 1. The van der Waals surface area contributed by atoms with Crippen LogP contribution >= 0.6 is 11.6 Å². The maximum atomic E-state index is 6.02. The van der Waals surface area contributed by atoms with Crippen molar-refractivity contribution in [3.8, 4) is 0 Å². The summed E-state index contributed by atoms with van der Waals surface area (Å²) in [7, 11) is 2.18. The Kier molecular flexibility index (Phi) is 6.01. The van der Waals surface area contributed by atoms with E-state index in [2.05, 4.69) is 27.2 Å². The lowest BCUT2D eigenvalue weighted by atomic mass is 10.0. The van der Waals surface area contributed by atoms with Crippen LogP contribution in [0.15, 0.2) is 6.07 Å². The summed E-state index contributed by atoms with van der Waals surface area (Å²) >= 11 is 6.02. The van der Waals surface area contributed by atoms with E-state index < -0.39 is 0 Å². The van der Waals surface area contributed by atoms with Gasteiger partial charge in [0.05, 0.1) is 0 Å². The van der Waals surface area contributed by atoms with Gasteiger partial charge in [0.15, 0.2) is 5.82 Å². The third-order valence-electron chi connectivity index (χ3n) is 3.62. The molecule has 1 saturated heterocycles. The molecular weight excluding hydrogens is 276 g/mol. The summed E-state index contributed by atoms with van der Waals surface area (Å²) in [6, 6.07) is 2.33. The second-order valence-corrected chi connectivity index (χ2v) is 5.53. The largest absolute Gasteiger partial charge is 0.374 e. The average molecular weight is 299 g/mol. The third-order valence-corrected chi connectivity index (χ3v) is 3.81. The van der Waals surface area contributed by atoms with Gasteiger partial charge in [0.2, 0.25) is 0 Å². The van der Waals surface area contributed by atoms with E-state index in [1.54, 1.807) is 6.07 Å². The standard InChI is InChI=1S/C14H23ClN4O/c1-3-20-10-14-17-12(15)8-13(18-14)16-9-11-6-4-5-7-19(11)2/h8,11H,3-7,9-10H2,1-2H3,(H,16,17,18). The van der Waals surface area contributed by atoms with Crippen molar-refractivity contribution in [3.63, 3.8) is 0 Å². The molecule has 0 aliphatic carbocycles. The zero-order valence-corrected chi connectivity index (χ0v) is 13.0. The summed E-state index contributed by atoms with van der Waals surface area (Å²) in [5, 5.41) is 3.82. The summed E-state index contributed by atoms with van der Waals surface area (Å²) in [5.41, 5.74) is 0. The summed E-state index contributed by atoms with van der Waals surface area (Å²) in [4.78, 5) is 11.0. The average Bonchev–Trinajstić information content (AvgIpc) is 2.44. The first-order valence-electron chi connectivity index (χ1n) is 7.24. The third kappa shape index (κ3) is 4.58. The molecule has 0 bridgehead atoms. The van der Waals surface area contributed by atoms with Crippen molar-refractivity contribution in [2.24, 2.45) is 0 Å². The molecule has 112 valence electrons. The highest BCUT2D eigenvalue weighted by Gasteiger charge is 2.18. The first-order chi connectivity index (χ1) is 9.69. The van der Waals surface area contributed by atoms with Crippen molar-refractivity contribution in [1.82, 2.24) is 14.9 Å². The van der Waals surface area contributed by atoms with Crippen LogP contribution in [0.25, 0.3) is 0 Å². The fourth-order valence-electron chi connectivity index (χ4n) is 2.44. The fraction of sp³-hybridized carbons (Fsp3) is 0.714. The number of nitrogens with one attached hydrogen (secondary N) is 1. The number of aromatic nitrogens is 2. The summed E-state index contributed by atoms with van der Waals surface area (Å²) in [6.07, 6.45) is 3.83. The van der Waals surface area contributed by atoms with Gasteiger partial charge in [-0.25, -0.2) is 9.97 Å². The normalized spacial score (nSPS) is 20.1. The van der Waals surface area contributed by atoms with E-state index in [0.29, 0.717) is 30.2 Å². The van der Waals surface area contributed by atoms with Crippen molar-refractivity contribution in [2.45, 2.75) is 38.8 Å². The van der Waals surface area contributed by atoms with E-state index in [1.807, 2.05) is 6.92 Å². The summed E-state index contributed by atoms with van der Waals surface area (Å²) in [6.45, 7) is 5.05. The van der Waals surface area contributed by atoms with Crippen molar-refractivity contribution in [1.29, 1.82) is 0 Å². The van der Waals surface area contributed by atoms with E-state index in [-0.39, 0.29) is 0 Å². The number of ether oxygens (including phenoxy) is 1. The molecule has 1 atom stereocenters. The molecule has 1 unspecified atom stereocenters. The molecule has 0 spiro atoms. The fourth-order valence-corrected chi connectivity index (χ4v) is 2.64. The second-order valence-electron chi connectivity index (χ2n) is 5.14. The Hall–Kier alpha value is -0.910. The molecule has 1 aliphatic rings. The Morgan fingerprint density at radius 2 is 2.30 bits per heavy atom. The summed E-state index contributed by atoms with van der Waals surface area (Å²) in [5.74, 6) is 1.40. The van der Waals surface area contributed by atoms with Crippen LogP contribution in [0, 0.1) is 0 Å². The van der Waals surface area contributed by atoms with Crippen LogP contribution in [-0.4, -0.2) is 47.7 Å². The van der Waals surface area contributed by atoms with Crippen molar-refractivity contribution >= 4 is 17.4 Å². The number of halogens is 1. The molecule has 1 N–H and O–H groups in total. The first-order valence-corrected chi connectivity index (χ1v) is 7.62. The minimum absolute atomic E-state index is 0.398. The van der Waals surface area contributed by atoms with Crippen LogP contribution in [0.4, 0.5) is 5.82 Å². The molecule has 1 aliphatic heterocycles. The van der Waals surface area contributed by atoms with Crippen LogP contribution in [0.1, 0.15) is 32.0 Å². The van der Waals surface area contributed by atoms with E-state index in [9.17, 15) is 0 Å². The van der Waals surface area contributed by atoms with Gasteiger partial charge in [0, 0.05) is 25.3 Å². The van der Waals surface area contributed by atoms with Gasteiger partial charge in [-0.3, -0.25) is 0 Å². The maximum absolute atomic E-state index is 6.02. The van der Waals surface area contributed by atoms with Crippen LogP contribution in [0.5, 0.6) is 0 Å². The molecule has 0 saturated carbocycles. The molecule has 0 aromatic carbocycles. The van der Waals surface area contributed by atoms with E-state index in [0.717, 1.165) is 12.4 Å². The Labute approximate surface area is 125 Å². The van der Waals surface area contributed by atoms with Crippen LogP contribution in [0.2, 0.25) is 5.15 Å². The molecule has 1 aromatic rings. The van der Waals surface area contributed by atoms with Gasteiger partial charge in [-0.05, 0) is 33.4 Å². The molecule has 6 heteroatoms. The van der Waals surface area contributed by atoms with Gasteiger partial charge in [0.25, 0.3) is 0 Å². The van der Waals surface area contributed by atoms with Gasteiger partial charge in [-0.15, -0.1) is 0 Å². The molecule has 1 aromatic heterocycles. The number of anilines is 1. The lowest BCUT2D eigenvalue weighted by Gasteiger charge is -2.32. The van der Waals surface area contributed by atoms with Crippen LogP contribution < -0.4 is 5.32 Å². The van der Waals surface area contributed by atoms with E-state index in [4.69, 9.17) is 16.3 Å². The lowest BCUT2D eigenvalue weighted by Crippen LogP contribution is -2.40. The molecule has 5 nitrogen and oxygen atoms in total. The second kappa shape index (κ2) is 7.76. The van der Waals surface area contributed by atoms with Crippen LogP contribution in [0.3, 0.4) is 0 Å². The van der Waals surface area contributed by atoms with Crippen LogP contribution in [-0.2, 0) is 11.3 Å². The minimum atomic E-state index is 0.398. The first kappa shape index (κ1) is 15.5. The molecule has 20 heavy (non-hydrogen) atoms. The predicted molar refractivity (Wildman–Crippen MR) is 81.1 cm³/mol. The molecular formula is C14H23ClN4O. The van der Waals surface area contributed by atoms with Gasteiger partial charge in [-0.2, -0.15) is 0 Å². The van der Waals surface area contributed by atoms with Gasteiger partial charge in [0.1, 0.15) is 17.6 Å². The Morgan fingerprint density at radius 1 is 1.45 bits per heavy atom. The molecule has 2 heterocycles. The Morgan fingerprint density at radius 3 is 3.05 bits per heavy atom. The zero-order chi connectivity index (χ0) is 14.4. The van der Waals surface area contributed by atoms with Crippen molar-refractivity contribution in [3.05, 3.63) is 17.0 Å². The quantitative estimate of drug-likeness (QED) is 0.818. The Balaban J connectivity index is 1.92. The minimum Gasteiger partial charge on any atom is -0.374 e. The molecule has 2 rings (SSSR count). The van der Waals surface area contributed by atoms with E-state index >= 15 is 0 Å². The van der Waals surface area contributed by atoms with Gasteiger partial charge < -0.3 is 15.0 Å². The van der Waals surface area contributed by atoms with Gasteiger partial charge in [-0.1, -0.05) is 18.0 Å². The highest BCUT2D eigenvalue weighted by molar-refractivity contribution is 6.29. The van der Waals surface area contributed by atoms with Crippen molar-refractivity contribution < 1.29 is 4.74 Å². The number of likely N-dealkylation sites (tertiary alicyclic amines) is 1. The zero-order valence-electron chi connectivity index (χ0n) is 12.2. The predicted octanol–water partition coefficient (Wildman–Crippen LogP) is 2.56. The number of rotatable bonds is 6.